The van der Waals surface area contributed by atoms with Gasteiger partial charge in [-0.05, 0) is 36.2 Å². The number of pyridine rings is 2. The third-order valence-corrected chi connectivity index (χ3v) is 4.02. The molecule has 3 N–H and O–H groups in total. The molecule has 1 amide bonds. The molecule has 3 rings (SSSR count). The fourth-order valence-electron chi connectivity index (χ4n) is 2.89. The molecule has 6 nitrogen and oxygen atoms in total. The second-order valence-electron chi connectivity index (χ2n) is 5.39. The van der Waals surface area contributed by atoms with Crippen molar-refractivity contribution in [1.29, 1.82) is 0 Å². The summed E-state index contributed by atoms with van der Waals surface area (Å²) in [6.45, 7) is 0. The Morgan fingerprint density at radius 3 is 2.59 bits per heavy atom. The lowest BCUT2D eigenvalue weighted by Gasteiger charge is -2.23. The molecule has 0 saturated heterocycles. The molecule has 1 aliphatic rings. The van der Waals surface area contributed by atoms with Crippen molar-refractivity contribution in [1.82, 2.24) is 15.3 Å². The molecule has 4 unspecified atom stereocenters. The average molecular weight is 299 g/mol. The van der Waals surface area contributed by atoms with Crippen LogP contribution in [0.5, 0.6) is 0 Å². The molecule has 6 heteroatoms. The number of carbonyl (C=O) groups excluding carboxylic acids is 1. The van der Waals surface area contributed by atoms with Gasteiger partial charge in [0.2, 0.25) is 0 Å². The molecular weight excluding hydrogens is 282 g/mol. The topological polar surface area (TPSA) is 95.3 Å². The molecule has 1 fully saturated rings. The third-order valence-electron chi connectivity index (χ3n) is 4.02. The summed E-state index contributed by atoms with van der Waals surface area (Å²) in [5.74, 6) is -0.529. The number of hydrogen-bond acceptors (Lipinski definition) is 5. The van der Waals surface area contributed by atoms with E-state index in [0.29, 0.717) is 6.42 Å². The number of hydrogen-bond donors (Lipinski definition) is 3. The highest BCUT2D eigenvalue weighted by atomic mass is 16.3. The van der Waals surface area contributed by atoms with Gasteiger partial charge < -0.3 is 15.5 Å². The van der Waals surface area contributed by atoms with Crippen molar-refractivity contribution in [2.24, 2.45) is 0 Å². The molecule has 0 spiro atoms. The molecule has 0 radical (unpaired) electrons. The van der Waals surface area contributed by atoms with Gasteiger partial charge in [-0.15, -0.1) is 0 Å². The van der Waals surface area contributed by atoms with Crippen LogP contribution in [0.1, 0.15) is 28.4 Å². The number of aromatic nitrogens is 2. The van der Waals surface area contributed by atoms with Crippen molar-refractivity contribution in [2.45, 2.75) is 30.6 Å². The maximum absolute atomic E-state index is 12.3. The van der Waals surface area contributed by atoms with Gasteiger partial charge in [0, 0.05) is 24.5 Å². The largest absolute Gasteiger partial charge is 0.390 e. The first-order chi connectivity index (χ1) is 10.7. The van der Waals surface area contributed by atoms with E-state index in [-0.39, 0.29) is 17.5 Å². The van der Waals surface area contributed by atoms with Crippen LogP contribution in [0.3, 0.4) is 0 Å². The van der Waals surface area contributed by atoms with Crippen molar-refractivity contribution >= 4 is 5.91 Å². The van der Waals surface area contributed by atoms with E-state index < -0.39 is 18.2 Å². The quantitative estimate of drug-likeness (QED) is 0.766. The Morgan fingerprint density at radius 1 is 1.14 bits per heavy atom. The van der Waals surface area contributed by atoms with Gasteiger partial charge in [0.05, 0.1) is 12.1 Å². The predicted molar refractivity (Wildman–Crippen MR) is 79.1 cm³/mol. The van der Waals surface area contributed by atoms with Crippen molar-refractivity contribution in [3.05, 3.63) is 60.2 Å². The zero-order valence-corrected chi connectivity index (χ0v) is 11.8. The fraction of sp³-hybridized carbons (Fsp3) is 0.312. The molecule has 0 aromatic carbocycles. The summed E-state index contributed by atoms with van der Waals surface area (Å²) in [6, 6.07) is 8.15. The second-order valence-corrected chi connectivity index (χ2v) is 5.39. The molecule has 1 aliphatic carbocycles. The van der Waals surface area contributed by atoms with E-state index in [2.05, 4.69) is 15.3 Å². The van der Waals surface area contributed by atoms with Gasteiger partial charge in [-0.1, -0.05) is 6.07 Å². The third kappa shape index (κ3) is 2.84. The van der Waals surface area contributed by atoms with Crippen LogP contribution in [0.15, 0.2) is 48.9 Å². The van der Waals surface area contributed by atoms with E-state index in [0.717, 1.165) is 5.56 Å². The van der Waals surface area contributed by atoms with Crippen LogP contribution in [-0.2, 0) is 0 Å². The Bertz CT molecular complexity index is 636. The number of carbonyl (C=O) groups is 1. The summed E-state index contributed by atoms with van der Waals surface area (Å²) in [7, 11) is 0. The molecule has 2 heterocycles. The van der Waals surface area contributed by atoms with E-state index in [1.165, 1.54) is 6.20 Å². The van der Waals surface area contributed by atoms with E-state index >= 15 is 0 Å². The number of aliphatic hydroxyl groups excluding tert-OH is 2. The molecule has 2 aromatic heterocycles. The fourth-order valence-corrected chi connectivity index (χ4v) is 2.89. The van der Waals surface area contributed by atoms with E-state index in [9.17, 15) is 15.0 Å². The number of nitrogens with zero attached hydrogens (tertiary/aromatic N) is 2. The van der Waals surface area contributed by atoms with Gasteiger partial charge in [-0.2, -0.15) is 0 Å². The Kier molecular flexibility index (Phi) is 4.13. The lowest BCUT2D eigenvalue weighted by molar-refractivity contribution is 0.0294. The van der Waals surface area contributed by atoms with E-state index in [1.54, 1.807) is 30.6 Å². The minimum absolute atomic E-state index is 0.166. The lowest BCUT2D eigenvalue weighted by Crippen LogP contribution is -2.45. The summed E-state index contributed by atoms with van der Waals surface area (Å²) < 4.78 is 0. The van der Waals surface area contributed by atoms with Crippen molar-refractivity contribution in [2.75, 3.05) is 0 Å². The van der Waals surface area contributed by atoms with Gasteiger partial charge in [-0.3, -0.25) is 14.8 Å². The van der Waals surface area contributed by atoms with Crippen molar-refractivity contribution in [3.8, 4) is 0 Å². The first-order valence-corrected chi connectivity index (χ1v) is 7.15. The first kappa shape index (κ1) is 14.6. The molecule has 1 saturated carbocycles. The smallest absolute Gasteiger partial charge is 0.270 e. The molecule has 0 aliphatic heterocycles. The van der Waals surface area contributed by atoms with Crippen LogP contribution in [0, 0.1) is 0 Å². The molecule has 0 bridgehead atoms. The van der Waals surface area contributed by atoms with Gasteiger partial charge in [0.1, 0.15) is 11.8 Å². The number of amides is 1. The van der Waals surface area contributed by atoms with Gasteiger partial charge in [0.25, 0.3) is 5.91 Å². The SMILES string of the molecule is O=C(NC1C(c2ccncc2)CC(O)C1O)c1ccccn1. The summed E-state index contributed by atoms with van der Waals surface area (Å²) >= 11 is 0. The minimum Gasteiger partial charge on any atom is -0.390 e. The predicted octanol–water partition coefficient (Wildman–Crippen LogP) is 0.484. The molecule has 114 valence electrons. The van der Waals surface area contributed by atoms with Crippen LogP contribution < -0.4 is 5.32 Å². The molecule has 4 atom stereocenters. The Labute approximate surface area is 127 Å². The van der Waals surface area contributed by atoms with Crippen molar-refractivity contribution in [3.63, 3.8) is 0 Å². The van der Waals surface area contributed by atoms with Gasteiger partial charge in [-0.25, -0.2) is 0 Å². The standard InChI is InChI=1S/C16H17N3O3/c20-13-9-11(10-4-7-17-8-5-10)14(15(13)21)19-16(22)12-3-1-2-6-18-12/h1-8,11,13-15,20-21H,9H2,(H,19,22). The summed E-state index contributed by atoms with van der Waals surface area (Å²) in [5.41, 5.74) is 1.21. The Morgan fingerprint density at radius 2 is 1.91 bits per heavy atom. The Hall–Kier alpha value is -2.31. The average Bonchev–Trinajstić information content (AvgIpc) is 2.85. The normalized spacial score (nSPS) is 27.5. The molecule has 22 heavy (non-hydrogen) atoms. The van der Waals surface area contributed by atoms with Crippen LogP contribution in [0.2, 0.25) is 0 Å². The summed E-state index contributed by atoms with van der Waals surface area (Å²) in [4.78, 5) is 20.2. The molecular formula is C16H17N3O3. The number of rotatable bonds is 3. The molecule has 2 aromatic rings. The highest BCUT2D eigenvalue weighted by Crippen LogP contribution is 2.35. The minimum atomic E-state index is -1.01. The van der Waals surface area contributed by atoms with Crippen LogP contribution in [-0.4, -0.2) is 44.3 Å². The monoisotopic (exact) mass is 299 g/mol. The highest BCUT2D eigenvalue weighted by Gasteiger charge is 2.43. The first-order valence-electron chi connectivity index (χ1n) is 7.15. The van der Waals surface area contributed by atoms with Crippen molar-refractivity contribution < 1.29 is 15.0 Å². The van der Waals surface area contributed by atoms with E-state index in [1.807, 2.05) is 12.1 Å². The zero-order chi connectivity index (χ0) is 15.5. The maximum Gasteiger partial charge on any atom is 0.270 e. The summed E-state index contributed by atoms with van der Waals surface area (Å²) in [6.07, 6.45) is 3.36. The summed E-state index contributed by atoms with van der Waals surface area (Å²) in [5, 5.41) is 22.9. The second kappa shape index (κ2) is 6.21. The highest BCUT2D eigenvalue weighted by molar-refractivity contribution is 5.92. The van der Waals surface area contributed by atoms with Crippen LogP contribution in [0.25, 0.3) is 0 Å². The van der Waals surface area contributed by atoms with E-state index in [4.69, 9.17) is 0 Å². The number of aliphatic hydroxyl groups is 2. The van der Waals surface area contributed by atoms with Gasteiger partial charge in [0.15, 0.2) is 0 Å². The zero-order valence-electron chi connectivity index (χ0n) is 11.8. The Balaban J connectivity index is 1.82. The van der Waals surface area contributed by atoms with Gasteiger partial charge >= 0.3 is 0 Å². The van der Waals surface area contributed by atoms with Crippen LogP contribution in [0.4, 0.5) is 0 Å². The maximum atomic E-state index is 12.3. The van der Waals surface area contributed by atoms with Crippen LogP contribution >= 0.6 is 0 Å². The lowest BCUT2D eigenvalue weighted by atomic mass is 9.94. The number of nitrogens with one attached hydrogen (secondary N) is 1.